The van der Waals surface area contributed by atoms with Crippen molar-refractivity contribution in [1.29, 1.82) is 0 Å². The van der Waals surface area contributed by atoms with Crippen molar-refractivity contribution in [3.63, 3.8) is 0 Å². The molecule has 1 aliphatic heterocycles. The van der Waals surface area contributed by atoms with Gasteiger partial charge in [0.05, 0.1) is 12.4 Å². The highest BCUT2D eigenvalue weighted by Gasteiger charge is 2.41. The Morgan fingerprint density at radius 1 is 1.22 bits per heavy atom. The Balaban J connectivity index is 1.65. The topological polar surface area (TPSA) is 96.1 Å². The third-order valence-corrected chi connectivity index (χ3v) is 6.18. The van der Waals surface area contributed by atoms with Crippen LogP contribution in [0.3, 0.4) is 0 Å². The van der Waals surface area contributed by atoms with Crippen molar-refractivity contribution in [3.05, 3.63) is 47.3 Å². The van der Waals surface area contributed by atoms with E-state index in [9.17, 15) is 14.6 Å². The number of benzene rings is 1. The lowest BCUT2D eigenvalue weighted by Crippen LogP contribution is -2.30. The van der Waals surface area contributed by atoms with Crippen molar-refractivity contribution in [3.8, 4) is 0 Å². The molecule has 0 amide bonds. The van der Waals surface area contributed by atoms with Crippen LogP contribution in [-0.2, 0) is 6.54 Å². The lowest BCUT2D eigenvalue weighted by Gasteiger charge is -2.17. The summed E-state index contributed by atoms with van der Waals surface area (Å²) in [5.74, 6) is 0.146. The van der Waals surface area contributed by atoms with Crippen LogP contribution in [0.4, 0.5) is 10.2 Å². The Morgan fingerprint density at radius 3 is 2.63 bits per heavy atom. The Labute approximate surface area is 163 Å². The number of rotatable bonds is 4. The minimum absolute atomic E-state index is 0.0388. The molecule has 142 valence electrons. The molecule has 2 aromatic heterocycles. The molecule has 10 heteroatoms. The van der Waals surface area contributed by atoms with Crippen LogP contribution in [0.15, 0.2) is 30.6 Å². The number of hydrogen-bond acceptors (Lipinski definition) is 7. The van der Waals surface area contributed by atoms with Gasteiger partial charge in [-0.3, -0.25) is 4.57 Å². The average molecular weight is 410 g/mol. The second-order valence-electron chi connectivity index (χ2n) is 6.36. The summed E-state index contributed by atoms with van der Waals surface area (Å²) in [4.78, 5) is 12.8. The van der Waals surface area contributed by atoms with Crippen molar-refractivity contribution >= 4 is 40.3 Å². The van der Waals surface area contributed by atoms with Crippen molar-refractivity contribution < 1.29 is 14.6 Å². The molecule has 7 nitrogen and oxygen atoms in total. The van der Waals surface area contributed by atoms with Crippen LogP contribution < -0.4 is 5.32 Å². The number of aliphatic hydroxyl groups excluding tert-OH is 2. The standard InChI is InChI=1S/C17H17ClFN5O2S/c1-8-12(25)13(26)16(27-8)24-7-21-11-14(22-17(18)23-15(11)24)20-6-9-2-4-10(19)5-3-9/h2-5,7-8,12-13,16,25-26H,6H2,1H3,(H,20,22,23)/t8-,12+,13+,16+/m0/s1. The highest BCUT2D eigenvalue weighted by Crippen LogP contribution is 2.43. The molecule has 0 radical (unpaired) electrons. The normalized spacial score (nSPS) is 25.2. The monoisotopic (exact) mass is 409 g/mol. The first-order valence-electron chi connectivity index (χ1n) is 8.34. The van der Waals surface area contributed by atoms with Gasteiger partial charge in [-0.25, -0.2) is 9.37 Å². The maximum Gasteiger partial charge on any atom is 0.226 e. The summed E-state index contributed by atoms with van der Waals surface area (Å²) in [5, 5.41) is 23.0. The fraction of sp³-hybridized carbons (Fsp3) is 0.353. The van der Waals surface area contributed by atoms with E-state index in [1.54, 1.807) is 23.0 Å². The number of anilines is 1. The van der Waals surface area contributed by atoms with Gasteiger partial charge in [0, 0.05) is 11.8 Å². The van der Waals surface area contributed by atoms with E-state index in [0.29, 0.717) is 23.5 Å². The summed E-state index contributed by atoms with van der Waals surface area (Å²) in [6.07, 6.45) is -0.206. The number of thioether (sulfide) groups is 1. The Bertz CT molecular complexity index is 970. The first-order chi connectivity index (χ1) is 12.9. The van der Waals surface area contributed by atoms with Gasteiger partial charge < -0.3 is 15.5 Å². The van der Waals surface area contributed by atoms with Crippen LogP contribution in [0.2, 0.25) is 5.28 Å². The molecule has 1 aromatic carbocycles. The summed E-state index contributed by atoms with van der Waals surface area (Å²) in [6.45, 7) is 2.27. The smallest absolute Gasteiger partial charge is 0.226 e. The summed E-state index contributed by atoms with van der Waals surface area (Å²) >= 11 is 7.53. The molecule has 3 N–H and O–H groups in total. The lowest BCUT2D eigenvalue weighted by molar-refractivity contribution is 0.0206. The van der Waals surface area contributed by atoms with Crippen molar-refractivity contribution in [2.75, 3.05) is 5.32 Å². The van der Waals surface area contributed by atoms with Crippen molar-refractivity contribution in [2.45, 2.75) is 36.3 Å². The summed E-state index contributed by atoms with van der Waals surface area (Å²) in [5.41, 5.74) is 1.84. The molecule has 27 heavy (non-hydrogen) atoms. The maximum atomic E-state index is 13.0. The fourth-order valence-electron chi connectivity index (χ4n) is 3.04. The molecule has 4 rings (SSSR count). The van der Waals surface area contributed by atoms with Crippen LogP contribution in [0.1, 0.15) is 17.9 Å². The van der Waals surface area contributed by atoms with Gasteiger partial charge in [0.1, 0.15) is 17.3 Å². The SMILES string of the molecule is C[C@@H]1S[C@@H](n2cnc3c(NCc4ccc(F)cc4)nc(Cl)nc32)[C@H](O)[C@@H]1O. The minimum Gasteiger partial charge on any atom is -0.389 e. The minimum atomic E-state index is -0.938. The first kappa shape index (κ1) is 18.4. The van der Waals surface area contributed by atoms with Crippen LogP contribution >= 0.6 is 23.4 Å². The van der Waals surface area contributed by atoms with Crippen molar-refractivity contribution in [2.24, 2.45) is 0 Å². The van der Waals surface area contributed by atoms with Crippen LogP contribution in [0.5, 0.6) is 0 Å². The Kier molecular flexibility index (Phi) is 4.94. The number of aromatic nitrogens is 4. The predicted octanol–water partition coefficient (Wildman–Crippen LogP) is 2.59. The average Bonchev–Trinajstić information content (AvgIpc) is 3.17. The van der Waals surface area contributed by atoms with Crippen LogP contribution in [0.25, 0.3) is 11.2 Å². The van der Waals surface area contributed by atoms with Gasteiger partial charge in [-0.2, -0.15) is 9.97 Å². The predicted molar refractivity (Wildman–Crippen MR) is 102 cm³/mol. The second-order valence-corrected chi connectivity index (χ2v) is 8.20. The molecule has 0 aliphatic carbocycles. The molecular weight excluding hydrogens is 393 g/mol. The van der Waals surface area contributed by atoms with Gasteiger partial charge in [-0.1, -0.05) is 19.1 Å². The van der Waals surface area contributed by atoms with E-state index in [-0.39, 0.29) is 16.4 Å². The number of halogens is 2. The van der Waals surface area contributed by atoms with Crippen LogP contribution in [0, 0.1) is 5.82 Å². The molecule has 0 bridgehead atoms. The van der Waals surface area contributed by atoms with E-state index in [0.717, 1.165) is 5.56 Å². The summed E-state index contributed by atoms with van der Waals surface area (Å²) in [6, 6.07) is 6.13. The number of nitrogens with one attached hydrogen (secondary N) is 1. The zero-order chi connectivity index (χ0) is 19.1. The Hall–Kier alpha value is -1.94. The molecule has 1 aliphatic rings. The molecule has 3 heterocycles. The number of hydrogen-bond donors (Lipinski definition) is 3. The highest BCUT2D eigenvalue weighted by molar-refractivity contribution is 8.00. The molecular formula is C17H17ClFN5O2S. The molecule has 0 unspecified atom stereocenters. The molecule has 0 saturated carbocycles. The van der Waals surface area contributed by atoms with E-state index >= 15 is 0 Å². The van der Waals surface area contributed by atoms with Crippen LogP contribution in [-0.4, -0.2) is 47.2 Å². The molecule has 1 fully saturated rings. The maximum absolute atomic E-state index is 13.0. The van der Waals surface area contributed by atoms with Gasteiger partial charge >= 0.3 is 0 Å². The fourth-order valence-corrected chi connectivity index (χ4v) is 4.58. The third-order valence-electron chi connectivity index (χ3n) is 4.52. The lowest BCUT2D eigenvalue weighted by atomic mass is 10.1. The van der Waals surface area contributed by atoms with Gasteiger partial charge in [0.2, 0.25) is 5.28 Å². The van der Waals surface area contributed by atoms with E-state index in [1.807, 2.05) is 6.92 Å². The number of fused-ring (bicyclic) bond motifs is 1. The molecule has 4 atom stereocenters. The van der Waals surface area contributed by atoms with Gasteiger partial charge in [-0.05, 0) is 29.3 Å². The largest absolute Gasteiger partial charge is 0.389 e. The Morgan fingerprint density at radius 2 is 1.96 bits per heavy atom. The zero-order valence-electron chi connectivity index (χ0n) is 14.3. The van der Waals surface area contributed by atoms with Gasteiger partial charge in [-0.15, -0.1) is 11.8 Å². The number of aliphatic hydroxyl groups is 2. The van der Waals surface area contributed by atoms with Gasteiger partial charge in [0.25, 0.3) is 0 Å². The van der Waals surface area contributed by atoms with E-state index in [1.165, 1.54) is 23.9 Å². The van der Waals surface area contributed by atoms with Crippen molar-refractivity contribution in [1.82, 2.24) is 19.5 Å². The van der Waals surface area contributed by atoms with E-state index in [2.05, 4.69) is 20.3 Å². The molecule has 1 saturated heterocycles. The summed E-state index contributed by atoms with van der Waals surface area (Å²) < 4.78 is 14.7. The highest BCUT2D eigenvalue weighted by atomic mass is 35.5. The van der Waals surface area contributed by atoms with E-state index < -0.39 is 17.6 Å². The first-order valence-corrected chi connectivity index (χ1v) is 9.66. The van der Waals surface area contributed by atoms with E-state index in [4.69, 9.17) is 11.6 Å². The zero-order valence-corrected chi connectivity index (χ0v) is 15.8. The second kappa shape index (κ2) is 7.23. The van der Waals surface area contributed by atoms with Gasteiger partial charge in [0.15, 0.2) is 17.0 Å². The quantitative estimate of drug-likeness (QED) is 0.570. The third kappa shape index (κ3) is 3.47. The molecule has 3 aromatic rings. The number of nitrogens with zero attached hydrogens (tertiary/aromatic N) is 4. The molecule has 0 spiro atoms. The number of imidazole rings is 1. The summed E-state index contributed by atoms with van der Waals surface area (Å²) in [7, 11) is 0.